The van der Waals surface area contributed by atoms with Gasteiger partial charge in [-0.1, -0.05) is 0 Å². The molecule has 3 unspecified atom stereocenters. The molecule has 2 rings (SSSR count). The molecule has 4 atom stereocenters. The van der Waals surface area contributed by atoms with E-state index >= 15 is 0 Å². The van der Waals surface area contributed by atoms with E-state index in [9.17, 15) is 14.7 Å². The number of hydrogen-bond acceptors (Lipinski definition) is 6. The molecule has 8 heteroatoms. The van der Waals surface area contributed by atoms with Crippen LogP contribution in [0.5, 0.6) is 0 Å². The third kappa shape index (κ3) is 3.15. The van der Waals surface area contributed by atoms with Gasteiger partial charge in [0, 0.05) is 25.8 Å². The van der Waals surface area contributed by atoms with Crippen LogP contribution in [0.25, 0.3) is 0 Å². The Morgan fingerprint density at radius 2 is 2.35 bits per heavy atom. The molecule has 20 heavy (non-hydrogen) atoms. The summed E-state index contributed by atoms with van der Waals surface area (Å²) in [6.07, 6.45) is -0.225. The minimum atomic E-state index is -0.592. The van der Waals surface area contributed by atoms with Crippen LogP contribution in [0.3, 0.4) is 0 Å². The standard InChI is InChI=1S/C12H18N2O6/c1-7(18-2)19-8-5-11(20-9(8)6-15)14-4-3-10(16)13-12(14)17/h3-4,7-9,11,15H,5-6H2,1-2H3,(H,13,16,17)/t7-,8?,9?,11?/m0/s1. The molecule has 8 nitrogen and oxygen atoms in total. The summed E-state index contributed by atoms with van der Waals surface area (Å²) in [5, 5.41) is 9.31. The molecule has 1 aromatic rings. The number of aliphatic hydroxyl groups is 1. The van der Waals surface area contributed by atoms with Gasteiger partial charge in [-0.2, -0.15) is 0 Å². The van der Waals surface area contributed by atoms with E-state index in [2.05, 4.69) is 4.98 Å². The van der Waals surface area contributed by atoms with Crippen molar-refractivity contribution < 1.29 is 19.3 Å². The van der Waals surface area contributed by atoms with Crippen molar-refractivity contribution in [3.8, 4) is 0 Å². The van der Waals surface area contributed by atoms with E-state index in [1.807, 2.05) is 0 Å². The van der Waals surface area contributed by atoms with Crippen molar-refractivity contribution in [2.24, 2.45) is 0 Å². The monoisotopic (exact) mass is 286 g/mol. The normalized spacial score (nSPS) is 27.6. The molecule has 1 aromatic heterocycles. The lowest BCUT2D eigenvalue weighted by atomic mass is 10.2. The summed E-state index contributed by atoms with van der Waals surface area (Å²) in [4.78, 5) is 24.9. The van der Waals surface area contributed by atoms with Crippen molar-refractivity contribution in [3.05, 3.63) is 33.1 Å². The molecular weight excluding hydrogens is 268 g/mol. The van der Waals surface area contributed by atoms with Crippen LogP contribution in [0.2, 0.25) is 0 Å². The Morgan fingerprint density at radius 1 is 1.60 bits per heavy atom. The van der Waals surface area contributed by atoms with E-state index in [1.165, 1.54) is 23.9 Å². The van der Waals surface area contributed by atoms with Gasteiger partial charge >= 0.3 is 5.69 Å². The fourth-order valence-corrected chi connectivity index (χ4v) is 2.13. The van der Waals surface area contributed by atoms with Crippen molar-refractivity contribution >= 4 is 0 Å². The summed E-state index contributed by atoms with van der Waals surface area (Å²) in [6.45, 7) is 1.50. The summed E-state index contributed by atoms with van der Waals surface area (Å²) in [5.74, 6) is 0. The van der Waals surface area contributed by atoms with E-state index in [0.717, 1.165) is 0 Å². The highest BCUT2D eigenvalue weighted by atomic mass is 16.7. The lowest BCUT2D eigenvalue weighted by Crippen LogP contribution is -2.31. The van der Waals surface area contributed by atoms with Crippen molar-refractivity contribution in [1.29, 1.82) is 0 Å². The Kier molecular flexibility index (Phi) is 4.71. The van der Waals surface area contributed by atoms with Crippen LogP contribution in [0.4, 0.5) is 0 Å². The van der Waals surface area contributed by atoms with Crippen molar-refractivity contribution in [1.82, 2.24) is 9.55 Å². The van der Waals surface area contributed by atoms with Gasteiger partial charge in [0.25, 0.3) is 5.56 Å². The number of nitrogens with zero attached hydrogens (tertiary/aromatic N) is 1. The van der Waals surface area contributed by atoms with Gasteiger partial charge in [-0.15, -0.1) is 0 Å². The van der Waals surface area contributed by atoms with Crippen LogP contribution in [-0.2, 0) is 14.2 Å². The Balaban J connectivity index is 2.15. The summed E-state index contributed by atoms with van der Waals surface area (Å²) in [5.41, 5.74) is -1.02. The number of hydrogen-bond donors (Lipinski definition) is 2. The number of aromatic nitrogens is 2. The Hall–Kier alpha value is -1.48. The molecule has 1 saturated heterocycles. The second-order valence-corrected chi connectivity index (χ2v) is 4.54. The summed E-state index contributed by atoms with van der Waals surface area (Å²) < 4.78 is 17.4. The average Bonchev–Trinajstić information content (AvgIpc) is 2.81. The lowest BCUT2D eigenvalue weighted by Gasteiger charge is -2.20. The Labute approximate surface area is 114 Å². The number of aromatic amines is 1. The predicted molar refractivity (Wildman–Crippen MR) is 68.3 cm³/mol. The van der Waals surface area contributed by atoms with Crippen LogP contribution >= 0.6 is 0 Å². The number of methoxy groups -OCH3 is 1. The molecule has 0 amide bonds. The number of H-pyrrole nitrogens is 1. The van der Waals surface area contributed by atoms with Crippen molar-refractivity contribution in [3.63, 3.8) is 0 Å². The van der Waals surface area contributed by atoms with Gasteiger partial charge < -0.3 is 19.3 Å². The molecule has 0 aromatic carbocycles. The van der Waals surface area contributed by atoms with Gasteiger partial charge in [-0.3, -0.25) is 14.3 Å². The molecule has 0 saturated carbocycles. The van der Waals surface area contributed by atoms with Gasteiger partial charge in [-0.05, 0) is 6.92 Å². The lowest BCUT2D eigenvalue weighted by molar-refractivity contribution is -0.162. The van der Waals surface area contributed by atoms with Gasteiger partial charge in [0.05, 0.1) is 12.7 Å². The third-order valence-electron chi connectivity index (χ3n) is 3.22. The SMILES string of the molecule is CO[C@H](C)OC1CC(n2ccc(=O)[nH]c2=O)OC1CO. The van der Waals surface area contributed by atoms with Crippen LogP contribution in [0, 0.1) is 0 Å². The fourth-order valence-electron chi connectivity index (χ4n) is 2.13. The molecule has 2 N–H and O–H groups in total. The summed E-state index contributed by atoms with van der Waals surface area (Å²) >= 11 is 0. The zero-order valence-corrected chi connectivity index (χ0v) is 11.3. The van der Waals surface area contributed by atoms with Crippen LogP contribution < -0.4 is 11.2 Å². The molecule has 0 spiro atoms. The van der Waals surface area contributed by atoms with E-state index in [0.29, 0.717) is 6.42 Å². The highest BCUT2D eigenvalue weighted by Gasteiger charge is 2.37. The summed E-state index contributed by atoms with van der Waals surface area (Å²) in [6, 6.07) is 1.24. The zero-order chi connectivity index (χ0) is 14.7. The van der Waals surface area contributed by atoms with Crippen molar-refractivity contribution in [2.45, 2.75) is 38.1 Å². The quantitative estimate of drug-likeness (QED) is 0.687. The average molecular weight is 286 g/mol. The highest BCUT2D eigenvalue weighted by Crippen LogP contribution is 2.30. The molecule has 1 fully saturated rings. The van der Waals surface area contributed by atoms with Gasteiger partial charge in [0.1, 0.15) is 12.3 Å². The summed E-state index contributed by atoms with van der Waals surface area (Å²) in [7, 11) is 1.51. The van der Waals surface area contributed by atoms with E-state index in [-0.39, 0.29) is 6.61 Å². The van der Waals surface area contributed by atoms with E-state index < -0.39 is 36.0 Å². The molecule has 0 radical (unpaired) electrons. The first-order valence-electron chi connectivity index (χ1n) is 6.31. The maximum atomic E-state index is 11.7. The fraction of sp³-hybridized carbons (Fsp3) is 0.667. The minimum Gasteiger partial charge on any atom is -0.394 e. The second kappa shape index (κ2) is 6.31. The Bertz CT molecular complexity index is 553. The predicted octanol–water partition coefficient (Wildman–Crippen LogP) is -0.806. The second-order valence-electron chi connectivity index (χ2n) is 4.54. The van der Waals surface area contributed by atoms with E-state index in [1.54, 1.807) is 6.92 Å². The number of rotatable bonds is 5. The molecule has 1 aliphatic heterocycles. The molecule has 1 aliphatic rings. The van der Waals surface area contributed by atoms with Gasteiger partial charge in [0.15, 0.2) is 6.29 Å². The topological polar surface area (TPSA) is 103 Å². The molecular formula is C12H18N2O6. The highest BCUT2D eigenvalue weighted by molar-refractivity contribution is 4.88. The first kappa shape index (κ1) is 14.9. The minimum absolute atomic E-state index is 0.226. The molecule has 0 aliphatic carbocycles. The van der Waals surface area contributed by atoms with Gasteiger partial charge in [-0.25, -0.2) is 4.79 Å². The van der Waals surface area contributed by atoms with Crippen molar-refractivity contribution in [2.75, 3.05) is 13.7 Å². The molecule has 0 bridgehead atoms. The first-order chi connectivity index (χ1) is 9.55. The number of aliphatic hydroxyl groups excluding tert-OH is 1. The first-order valence-corrected chi connectivity index (χ1v) is 6.31. The zero-order valence-electron chi connectivity index (χ0n) is 11.3. The third-order valence-corrected chi connectivity index (χ3v) is 3.22. The smallest absolute Gasteiger partial charge is 0.330 e. The number of ether oxygens (including phenoxy) is 3. The van der Waals surface area contributed by atoms with Gasteiger partial charge in [0.2, 0.25) is 0 Å². The Morgan fingerprint density at radius 3 is 2.95 bits per heavy atom. The van der Waals surface area contributed by atoms with E-state index in [4.69, 9.17) is 14.2 Å². The van der Waals surface area contributed by atoms with Crippen LogP contribution in [0.15, 0.2) is 21.9 Å². The maximum Gasteiger partial charge on any atom is 0.330 e. The number of nitrogens with one attached hydrogen (secondary N) is 1. The molecule has 2 heterocycles. The largest absolute Gasteiger partial charge is 0.394 e. The maximum absolute atomic E-state index is 11.7. The van der Waals surface area contributed by atoms with Crippen LogP contribution in [-0.4, -0.2) is 46.9 Å². The molecule has 112 valence electrons. The van der Waals surface area contributed by atoms with Crippen LogP contribution in [0.1, 0.15) is 19.6 Å².